The molecule has 2 nitrogen and oxygen atoms in total. The summed E-state index contributed by atoms with van der Waals surface area (Å²) in [5.41, 5.74) is 0. The number of rotatable bonds is 4. The summed E-state index contributed by atoms with van der Waals surface area (Å²) in [5.74, 6) is 1.92. The number of nitrogens with one attached hydrogen (secondary N) is 1. The van der Waals surface area contributed by atoms with E-state index in [2.05, 4.69) is 24.1 Å². The van der Waals surface area contributed by atoms with Gasteiger partial charge in [-0.2, -0.15) is 0 Å². The number of nitrogens with zero attached hydrogens (tertiary/aromatic N) is 1. The lowest BCUT2D eigenvalue weighted by Gasteiger charge is -2.27. The van der Waals surface area contributed by atoms with Gasteiger partial charge in [0.15, 0.2) is 0 Å². The molecule has 3 unspecified atom stereocenters. The maximum absolute atomic E-state index is 3.51. The van der Waals surface area contributed by atoms with Crippen molar-refractivity contribution in [3.05, 3.63) is 0 Å². The smallest absolute Gasteiger partial charge is 0.00927 e. The Morgan fingerprint density at radius 1 is 1.21 bits per heavy atom. The molecular weight excluding hydrogens is 172 g/mol. The van der Waals surface area contributed by atoms with Crippen LogP contribution in [-0.4, -0.2) is 37.1 Å². The van der Waals surface area contributed by atoms with Gasteiger partial charge in [0.25, 0.3) is 0 Å². The van der Waals surface area contributed by atoms with Crippen LogP contribution >= 0.6 is 0 Å². The van der Waals surface area contributed by atoms with Gasteiger partial charge >= 0.3 is 0 Å². The van der Waals surface area contributed by atoms with E-state index in [1.54, 1.807) is 0 Å². The molecule has 2 aliphatic rings. The van der Waals surface area contributed by atoms with Gasteiger partial charge in [-0.25, -0.2) is 0 Å². The van der Waals surface area contributed by atoms with Crippen molar-refractivity contribution < 1.29 is 0 Å². The number of likely N-dealkylation sites (tertiary alicyclic amines) is 1. The van der Waals surface area contributed by atoms with Gasteiger partial charge in [-0.15, -0.1) is 0 Å². The molecule has 0 amide bonds. The maximum Gasteiger partial charge on any atom is 0.00927 e. The third-order valence-corrected chi connectivity index (χ3v) is 4.03. The van der Waals surface area contributed by atoms with Crippen molar-refractivity contribution >= 4 is 0 Å². The highest BCUT2D eigenvalue weighted by molar-refractivity contribution is 4.93. The van der Waals surface area contributed by atoms with Crippen molar-refractivity contribution in [2.24, 2.45) is 11.8 Å². The van der Waals surface area contributed by atoms with Crippen molar-refractivity contribution in [2.75, 3.05) is 26.2 Å². The van der Waals surface area contributed by atoms with E-state index in [1.165, 1.54) is 45.4 Å². The van der Waals surface area contributed by atoms with Crippen LogP contribution in [0.5, 0.6) is 0 Å². The van der Waals surface area contributed by atoms with Crippen LogP contribution in [-0.2, 0) is 0 Å². The summed E-state index contributed by atoms with van der Waals surface area (Å²) in [4.78, 5) is 2.75. The Morgan fingerprint density at radius 3 is 2.36 bits per heavy atom. The van der Waals surface area contributed by atoms with E-state index in [4.69, 9.17) is 0 Å². The lowest BCUT2D eigenvalue weighted by Crippen LogP contribution is -2.35. The van der Waals surface area contributed by atoms with Gasteiger partial charge in [-0.1, -0.05) is 20.3 Å². The molecule has 2 heterocycles. The predicted molar refractivity (Wildman–Crippen MR) is 60.4 cm³/mol. The Bertz CT molecular complexity index is 169. The van der Waals surface area contributed by atoms with E-state index < -0.39 is 0 Å². The van der Waals surface area contributed by atoms with E-state index in [1.807, 2.05) is 0 Å². The molecule has 82 valence electrons. The molecule has 0 aromatic heterocycles. The minimum absolute atomic E-state index is 0.866. The largest absolute Gasteiger partial charge is 0.316 e. The maximum atomic E-state index is 3.51. The monoisotopic (exact) mass is 196 g/mol. The SMILES string of the molecule is CCCC(CC)N1CC2CNCC2C1. The average Bonchev–Trinajstić information content (AvgIpc) is 2.73. The molecule has 2 fully saturated rings. The molecule has 2 rings (SSSR count). The fourth-order valence-corrected chi connectivity index (χ4v) is 3.17. The Hall–Kier alpha value is -0.0800. The van der Waals surface area contributed by atoms with Crippen molar-refractivity contribution in [1.82, 2.24) is 10.2 Å². The molecule has 0 radical (unpaired) electrons. The summed E-state index contributed by atoms with van der Waals surface area (Å²) >= 11 is 0. The third kappa shape index (κ3) is 1.96. The van der Waals surface area contributed by atoms with Crippen LogP contribution in [0.25, 0.3) is 0 Å². The van der Waals surface area contributed by atoms with Crippen LogP contribution in [0.4, 0.5) is 0 Å². The van der Waals surface area contributed by atoms with Crippen molar-refractivity contribution in [3.8, 4) is 0 Å². The van der Waals surface area contributed by atoms with E-state index in [9.17, 15) is 0 Å². The fraction of sp³-hybridized carbons (Fsp3) is 1.00. The van der Waals surface area contributed by atoms with Gasteiger partial charge in [-0.3, -0.25) is 4.90 Å². The van der Waals surface area contributed by atoms with E-state index in [-0.39, 0.29) is 0 Å². The van der Waals surface area contributed by atoms with Gasteiger partial charge in [0.1, 0.15) is 0 Å². The first-order valence-electron chi connectivity index (χ1n) is 6.29. The van der Waals surface area contributed by atoms with Crippen LogP contribution in [0.15, 0.2) is 0 Å². The topological polar surface area (TPSA) is 15.3 Å². The van der Waals surface area contributed by atoms with Crippen molar-refractivity contribution in [1.29, 1.82) is 0 Å². The van der Waals surface area contributed by atoms with Crippen LogP contribution in [0.2, 0.25) is 0 Å². The van der Waals surface area contributed by atoms with E-state index >= 15 is 0 Å². The zero-order valence-electron chi connectivity index (χ0n) is 9.63. The highest BCUT2D eigenvalue weighted by Gasteiger charge is 2.37. The molecule has 2 heteroatoms. The Labute approximate surface area is 88.1 Å². The molecule has 2 saturated heterocycles. The molecule has 0 aromatic rings. The number of hydrogen-bond acceptors (Lipinski definition) is 2. The molecule has 2 aliphatic heterocycles. The standard InChI is InChI=1S/C12H24N2/c1-3-5-12(4-2)14-8-10-6-13-7-11(10)9-14/h10-13H,3-9H2,1-2H3. The normalized spacial score (nSPS) is 34.7. The summed E-state index contributed by atoms with van der Waals surface area (Å²) in [5, 5.41) is 3.51. The summed E-state index contributed by atoms with van der Waals surface area (Å²) in [6, 6.07) is 0.866. The molecular formula is C12H24N2. The summed E-state index contributed by atoms with van der Waals surface area (Å²) in [6.45, 7) is 9.90. The van der Waals surface area contributed by atoms with Gasteiger partial charge in [0.05, 0.1) is 0 Å². The third-order valence-electron chi connectivity index (χ3n) is 4.03. The first-order chi connectivity index (χ1) is 6.85. The number of hydrogen-bond donors (Lipinski definition) is 1. The highest BCUT2D eigenvalue weighted by Crippen LogP contribution is 2.29. The van der Waals surface area contributed by atoms with Crippen molar-refractivity contribution in [3.63, 3.8) is 0 Å². The summed E-state index contributed by atoms with van der Waals surface area (Å²) in [7, 11) is 0. The van der Waals surface area contributed by atoms with Crippen LogP contribution in [0, 0.1) is 11.8 Å². The molecule has 0 aliphatic carbocycles. The lowest BCUT2D eigenvalue weighted by molar-refractivity contribution is 0.208. The van der Waals surface area contributed by atoms with Gasteiger partial charge < -0.3 is 5.32 Å². The Morgan fingerprint density at radius 2 is 1.86 bits per heavy atom. The molecule has 0 aromatic carbocycles. The van der Waals surface area contributed by atoms with Gasteiger partial charge in [0.2, 0.25) is 0 Å². The van der Waals surface area contributed by atoms with Gasteiger partial charge in [0, 0.05) is 19.1 Å². The lowest BCUT2D eigenvalue weighted by atomic mass is 10.0. The zero-order valence-corrected chi connectivity index (χ0v) is 9.63. The summed E-state index contributed by atoms with van der Waals surface area (Å²) < 4.78 is 0. The molecule has 1 N–H and O–H groups in total. The summed E-state index contributed by atoms with van der Waals surface area (Å²) in [6.07, 6.45) is 4.06. The molecule has 14 heavy (non-hydrogen) atoms. The highest BCUT2D eigenvalue weighted by atomic mass is 15.2. The molecule has 0 bridgehead atoms. The van der Waals surface area contributed by atoms with Crippen LogP contribution in [0.3, 0.4) is 0 Å². The zero-order chi connectivity index (χ0) is 9.97. The first kappa shape index (κ1) is 10.4. The Kier molecular flexibility index (Phi) is 3.45. The minimum atomic E-state index is 0.866. The molecule has 0 spiro atoms. The predicted octanol–water partition coefficient (Wildman–Crippen LogP) is 1.72. The van der Waals surface area contributed by atoms with Crippen LogP contribution in [0.1, 0.15) is 33.1 Å². The quantitative estimate of drug-likeness (QED) is 0.736. The minimum Gasteiger partial charge on any atom is -0.316 e. The second-order valence-corrected chi connectivity index (χ2v) is 4.98. The van der Waals surface area contributed by atoms with Crippen LogP contribution < -0.4 is 5.32 Å². The second-order valence-electron chi connectivity index (χ2n) is 4.98. The van der Waals surface area contributed by atoms with Crippen molar-refractivity contribution in [2.45, 2.75) is 39.2 Å². The molecule has 3 atom stereocenters. The Balaban J connectivity index is 1.87. The average molecular weight is 196 g/mol. The second kappa shape index (κ2) is 4.63. The van der Waals surface area contributed by atoms with Gasteiger partial charge in [-0.05, 0) is 37.8 Å². The van der Waals surface area contributed by atoms with E-state index in [0.717, 1.165) is 17.9 Å². The fourth-order valence-electron chi connectivity index (χ4n) is 3.17. The number of fused-ring (bicyclic) bond motifs is 1. The first-order valence-corrected chi connectivity index (χ1v) is 6.29. The van der Waals surface area contributed by atoms with E-state index in [0.29, 0.717) is 0 Å². The molecule has 0 saturated carbocycles.